The number of carbonyl (C=O) groups excluding carboxylic acids is 1. The molecule has 0 bridgehead atoms. The van der Waals surface area contributed by atoms with Gasteiger partial charge in [-0.3, -0.25) is 0 Å². The molecule has 0 unspecified atom stereocenters. The number of esters is 1. The summed E-state index contributed by atoms with van der Waals surface area (Å²) in [6.45, 7) is 5.47. The van der Waals surface area contributed by atoms with Crippen LogP contribution >= 0.6 is 0 Å². The van der Waals surface area contributed by atoms with Crippen molar-refractivity contribution in [3.05, 3.63) is 47.0 Å². The van der Waals surface area contributed by atoms with Crippen LogP contribution in [0, 0.1) is 12.7 Å². The number of ether oxygens (including phenoxy) is 1. The van der Waals surface area contributed by atoms with Crippen LogP contribution < -0.4 is 5.73 Å². The average Bonchev–Trinajstić information content (AvgIpc) is 2.91. The fraction of sp³-hybridized carbons (Fsp3) is 0.333. The van der Waals surface area contributed by atoms with E-state index in [0.717, 1.165) is 0 Å². The lowest BCUT2D eigenvalue weighted by molar-refractivity contribution is 0.0526. The van der Waals surface area contributed by atoms with Gasteiger partial charge in [-0.15, -0.1) is 0 Å². The molecule has 1 heterocycles. The zero-order valence-corrected chi connectivity index (χ0v) is 12.3. The van der Waals surface area contributed by atoms with Crippen LogP contribution in [0.3, 0.4) is 0 Å². The summed E-state index contributed by atoms with van der Waals surface area (Å²) < 4.78 is 20.1. The van der Waals surface area contributed by atoms with Gasteiger partial charge < -0.3 is 10.5 Å². The van der Waals surface area contributed by atoms with Gasteiger partial charge in [0.2, 0.25) is 0 Å². The molecule has 0 aliphatic heterocycles. The molecule has 1 atom stereocenters. The van der Waals surface area contributed by atoms with E-state index in [1.807, 2.05) is 0 Å². The summed E-state index contributed by atoms with van der Waals surface area (Å²) in [6.07, 6.45) is 2.97. The number of hydrogen-bond acceptors (Lipinski definition) is 4. The van der Waals surface area contributed by atoms with Gasteiger partial charge in [0.1, 0.15) is 5.82 Å². The standard InChI is InChI=1S/C15H18FN3O2/c1-4-21-15(20)11-7-18-19(8-11)14-5-9(2)13(16)6-12(14)10(3)17/h5-8,10H,4,17H2,1-3H3/t10-/m0/s1. The number of rotatable bonds is 4. The monoisotopic (exact) mass is 291 g/mol. The van der Waals surface area contributed by atoms with E-state index in [2.05, 4.69) is 5.10 Å². The van der Waals surface area contributed by atoms with E-state index in [-0.39, 0.29) is 11.9 Å². The normalized spacial score (nSPS) is 12.2. The summed E-state index contributed by atoms with van der Waals surface area (Å²) in [5.41, 5.74) is 7.99. The lowest BCUT2D eigenvalue weighted by Gasteiger charge is -2.14. The Labute approximate surface area is 122 Å². The van der Waals surface area contributed by atoms with E-state index in [0.29, 0.717) is 29.0 Å². The van der Waals surface area contributed by atoms with E-state index in [1.54, 1.807) is 33.0 Å². The molecule has 2 rings (SSSR count). The van der Waals surface area contributed by atoms with Crippen LogP contribution in [0.4, 0.5) is 4.39 Å². The van der Waals surface area contributed by atoms with Gasteiger partial charge in [0, 0.05) is 12.2 Å². The van der Waals surface area contributed by atoms with Gasteiger partial charge in [-0.25, -0.2) is 13.9 Å². The maximum Gasteiger partial charge on any atom is 0.341 e. The zero-order valence-electron chi connectivity index (χ0n) is 12.3. The molecular weight excluding hydrogens is 273 g/mol. The van der Waals surface area contributed by atoms with Gasteiger partial charge >= 0.3 is 5.97 Å². The molecule has 0 saturated carbocycles. The molecule has 0 aliphatic rings. The Balaban J connectivity index is 2.47. The largest absolute Gasteiger partial charge is 0.462 e. The number of hydrogen-bond donors (Lipinski definition) is 1. The van der Waals surface area contributed by atoms with Crippen molar-refractivity contribution in [3.63, 3.8) is 0 Å². The molecule has 0 spiro atoms. The molecule has 1 aromatic heterocycles. The van der Waals surface area contributed by atoms with E-state index in [9.17, 15) is 9.18 Å². The first-order valence-electron chi connectivity index (χ1n) is 6.71. The zero-order chi connectivity index (χ0) is 15.6. The molecule has 6 heteroatoms. The second kappa shape index (κ2) is 6.05. The number of nitrogens with two attached hydrogens (primary N) is 1. The smallest absolute Gasteiger partial charge is 0.341 e. The van der Waals surface area contributed by atoms with Crippen molar-refractivity contribution >= 4 is 5.97 Å². The third-order valence-electron chi connectivity index (χ3n) is 3.14. The van der Waals surface area contributed by atoms with Crippen molar-refractivity contribution in [1.29, 1.82) is 0 Å². The summed E-state index contributed by atoms with van der Waals surface area (Å²) >= 11 is 0. The number of carbonyl (C=O) groups is 1. The fourth-order valence-corrected chi connectivity index (χ4v) is 2.02. The van der Waals surface area contributed by atoms with Crippen LogP contribution in [0.5, 0.6) is 0 Å². The summed E-state index contributed by atoms with van der Waals surface area (Å²) in [5, 5.41) is 4.14. The predicted octanol–water partition coefficient (Wildman–Crippen LogP) is 2.52. The van der Waals surface area contributed by atoms with Gasteiger partial charge in [0.05, 0.1) is 24.1 Å². The highest BCUT2D eigenvalue weighted by molar-refractivity contribution is 5.88. The lowest BCUT2D eigenvalue weighted by atomic mass is 10.0. The molecule has 1 aromatic carbocycles. The number of aryl methyl sites for hydroxylation is 1. The highest BCUT2D eigenvalue weighted by Crippen LogP contribution is 2.24. The van der Waals surface area contributed by atoms with Crippen molar-refractivity contribution < 1.29 is 13.9 Å². The van der Waals surface area contributed by atoms with E-state index < -0.39 is 5.97 Å². The summed E-state index contributed by atoms with van der Waals surface area (Å²) in [5.74, 6) is -0.756. The van der Waals surface area contributed by atoms with Gasteiger partial charge in [0.25, 0.3) is 0 Å². The van der Waals surface area contributed by atoms with Crippen LogP contribution in [0.2, 0.25) is 0 Å². The Hall–Kier alpha value is -2.21. The minimum absolute atomic E-state index is 0.296. The predicted molar refractivity (Wildman–Crippen MR) is 76.8 cm³/mol. The average molecular weight is 291 g/mol. The van der Waals surface area contributed by atoms with Gasteiger partial charge in [0.15, 0.2) is 0 Å². The third-order valence-corrected chi connectivity index (χ3v) is 3.14. The molecular formula is C15H18FN3O2. The van der Waals surface area contributed by atoms with Gasteiger partial charge in [-0.05, 0) is 44.0 Å². The number of aromatic nitrogens is 2. The van der Waals surface area contributed by atoms with Crippen LogP contribution in [0.25, 0.3) is 5.69 Å². The second-order valence-electron chi connectivity index (χ2n) is 4.84. The van der Waals surface area contributed by atoms with Gasteiger partial charge in [-0.1, -0.05) is 0 Å². The molecule has 0 radical (unpaired) electrons. The minimum Gasteiger partial charge on any atom is -0.462 e. The van der Waals surface area contributed by atoms with Crippen molar-refractivity contribution in [3.8, 4) is 5.69 Å². The first-order valence-corrected chi connectivity index (χ1v) is 6.71. The fourth-order valence-electron chi connectivity index (χ4n) is 2.02. The summed E-state index contributed by atoms with van der Waals surface area (Å²) in [7, 11) is 0. The van der Waals surface area contributed by atoms with Gasteiger partial charge in [-0.2, -0.15) is 5.10 Å². The second-order valence-corrected chi connectivity index (χ2v) is 4.84. The lowest BCUT2D eigenvalue weighted by Crippen LogP contribution is -2.11. The van der Waals surface area contributed by atoms with Crippen molar-refractivity contribution in [2.24, 2.45) is 5.73 Å². The maximum atomic E-state index is 13.7. The van der Waals surface area contributed by atoms with E-state index in [4.69, 9.17) is 10.5 Å². The highest BCUT2D eigenvalue weighted by atomic mass is 19.1. The molecule has 0 saturated heterocycles. The van der Waals surface area contributed by atoms with Crippen molar-refractivity contribution in [2.45, 2.75) is 26.8 Å². The molecule has 5 nitrogen and oxygen atoms in total. The van der Waals surface area contributed by atoms with E-state index >= 15 is 0 Å². The molecule has 112 valence electrons. The van der Waals surface area contributed by atoms with Crippen LogP contribution in [-0.4, -0.2) is 22.4 Å². The summed E-state index contributed by atoms with van der Waals surface area (Å²) in [6, 6.07) is 2.71. The first kappa shape index (κ1) is 15.2. The molecule has 0 fully saturated rings. The Morgan fingerprint density at radius 3 is 2.86 bits per heavy atom. The molecule has 2 N–H and O–H groups in total. The van der Waals surface area contributed by atoms with Crippen LogP contribution in [-0.2, 0) is 4.74 Å². The third kappa shape index (κ3) is 3.11. The molecule has 21 heavy (non-hydrogen) atoms. The molecule has 2 aromatic rings. The molecule has 0 aliphatic carbocycles. The first-order chi connectivity index (χ1) is 9.93. The van der Waals surface area contributed by atoms with Crippen LogP contribution in [0.1, 0.15) is 41.4 Å². The Morgan fingerprint density at radius 2 is 2.24 bits per heavy atom. The molecule has 0 amide bonds. The van der Waals surface area contributed by atoms with Crippen molar-refractivity contribution in [1.82, 2.24) is 9.78 Å². The number of halogens is 1. The van der Waals surface area contributed by atoms with E-state index in [1.165, 1.54) is 16.9 Å². The van der Waals surface area contributed by atoms with Crippen LogP contribution in [0.15, 0.2) is 24.5 Å². The summed E-state index contributed by atoms with van der Waals surface area (Å²) in [4.78, 5) is 11.7. The number of nitrogens with zero attached hydrogens (tertiary/aromatic N) is 2. The Bertz CT molecular complexity index is 665. The Kier molecular flexibility index (Phi) is 4.37. The minimum atomic E-state index is -0.440. The quantitative estimate of drug-likeness (QED) is 0.879. The van der Waals surface area contributed by atoms with Crippen molar-refractivity contribution in [2.75, 3.05) is 6.61 Å². The SMILES string of the molecule is CCOC(=O)c1cnn(-c2cc(C)c(F)cc2[C@H](C)N)c1. The highest BCUT2D eigenvalue weighted by Gasteiger charge is 2.15. The Morgan fingerprint density at radius 1 is 1.52 bits per heavy atom. The maximum absolute atomic E-state index is 13.7. The number of benzene rings is 1. The topological polar surface area (TPSA) is 70.1 Å².